The van der Waals surface area contributed by atoms with E-state index in [0.29, 0.717) is 6.04 Å². The number of thiocarbonyl (C=S) groups is 1. The zero-order valence-electron chi connectivity index (χ0n) is 11.1. The van der Waals surface area contributed by atoms with Crippen molar-refractivity contribution in [1.29, 1.82) is 0 Å². The van der Waals surface area contributed by atoms with Crippen LogP contribution in [-0.4, -0.2) is 29.1 Å². The second-order valence-electron chi connectivity index (χ2n) is 6.15. The maximum absolute atomic E-state index is 5.61. The Hall–Kier alpha value is -0.570. The van der Waals surface area contributed by atoms with Crippen molar-refractivity contribution in [3.8, 4) is 0 Å². The minimum atomic E-state index is 0.645. The fraction of sp³-hybridized carbons (Fsp3) is 0.800. The molecule has 1 aliphatic heterocycles. The molecule has 2 aliphatic carbocycles. The summed E-state index contributed by atoms with van der Waals surface area (Å²) >= 11 is 5.61. The van der Waals surface area contributed by atoms with Gasteiger partial charge in [-0.1, -0.05) is 31.4 Å². The van der Waals surface area contributed by atoms with Crippen molar-refractivity contribution < 1.29 is 0 Å². The molecule has 0 spiro atoms. The summed E-state index contributed by atoms with van der Waals surface area (Å²) in [6, 6.07) is 0.645. The highest BCUT2D eigenvalue weighted by molar-refractivity contribution is 7.80. The van der Waals surface area contributed by atoms with Gasteiger partial charge in [-0.15, -0.1) is 0 Å². The second kappa shape index (κ2) is 5.60. The lowest BCUT2D eigenvalue weighted by molar-refractivity contribution is 0.391. The number of nitrogens with one attached hydrogen (secondary N) is 1. The summed E-state index contributed by atoms with van der Waals surface area (Å²) in [5.74, 6) is 1.70. The molecule has 2 atom stereocenters. The SMILES string of the molecule is S=C(NC1CCCCC1)N1CC2CC=CCC2C1. The summed E-state index contributed by atoms with van der Waals surface area (Å²) < 4.78 is 0. The first-order valence-electron chi connectivity index (χ1n) is 7.53. The van der Waals surface area contributed by atoms with E-state index in [4.69, 9.17) is 12.2 Å². The zero-order valence-corrected chi connectivity index (χ0v) is 11.9. The topological polar surface area (TPSA) is 15.3 Å². The van der Waals surface area contributed by atoms with Crippen LogP contribution in [-0.2, 0) is 0 Å². The minimum Gasteiger partial charge on any atom is -0.360 e. The summed E-state index contributed by atoms with van der Waals surface area (Å²) in [6.45, 7) is 2.35. The van der Waals surface area contributed by atoms with Crippen LogP contribution in [0.1, 0.15) is 44.9 Å². The summed E-state index contributed by atoms with van der Waals surface area (Å²) in [5.41, 5.74) is 0. The smallest absolute Gasteiger partial charge is 0.169 e. The zero-order chi connectivity index (χ0) is 12.4. The molecule has 0 bridgehead atoms. The third-order valence-corrected chi connectivity index (χ3v) is 5.22. The van der Waals surface area contributed by atoms with E-state index >= 15 is 0 Å². The van der Waals surface area contributed by atoms with Crippen LogP contribution in [0.3, 0.4) is 0 Å². The second-order valence-corrected chi connectivity index (χ2v) is 6.54. The van der Waals surface area contributed by atoms with Crippen molar-refractivity contribution in [2.45, 2.75) is 51.0 Å². The van der Waals surface area contributed by atoms with E-state index in [-0.39, 0.29) is 0 Å². The lowest BCUT2D eigenvalue weighted by Crippen LogP contribution is -2.44. The van der Waals surface area contributed by atoms with E-state index in [9.17, 15) is 0 Å². The maximum atomic E-state index is 5.61. The molecule has 0 radical (unpaired) electrons. The number of likely N-dealkylation sites (tertiary alicyclic amines) is 1. The van der Waals surface area contributed by atoms with Crippen LogP contribution in [0.15, 0.2) is 12.2 Å². The molecule has 100 valence electrons. The van der Waals surface area contributed by atoms with Crippen LogP contribution < -0.4 is 5.32 Å². The number of nitrogens with zero attached hydrogens (tertiary/aromatic N) is 1. The number of fused-ring (bicyclic) bond motifs is 1. The molecule has 1 saturated carbocycles. The average molecular weight is 264 g/mol. The Labute approximate surface area is 116 Å². The fourth-order valence-corrected chi connectivity index (χ4v) is 4.01. The molecular weight excluding hydrogens is 240 g/mol. The largest absolute Gasteiger partial charge is 0.360 e. The number of rotatable bonds is 1. The van der Waals surface area contributed by atoms with Crippen molar-refractivity contribution in [3.63, 3.8) is 0 Å². The Morgan fingerprint density at radius 2 is 1.61 bits per heavy atom. The Bertz CT molecular complexity index is 317. The Morgan fingerprint density at radius 3 is 2.22 bits per heavy atom. The molecule has 2 unspecified atom stereocenters. The van der Waals surface area contributed by atoms with Gasteiger partial charge in [-0.25, -0.2) is 0 Å². The quantitative estimate of drug-likeness (QED) is 0.579. The maximum Gasteiger partial charge on any atom is 0.169 e. The predicted octanol–water partition coefficient (Wildman–Crippen LogP) is 3.09. The Balaban J connectivity index is 1.51. The number of hydrogen-bond acceptors (Lipinski definition) is 1. The first-order chi connectivity index (χ1) is 8.83. The molecule has 3 aliphatic rings. The van der Waals surface area contributed by atoms with Crippen molar-refractivity contribution >= 4 is 17.3 Å². The average Bonchev–Trinajstić information content (AvgIpc) is 2.84. The first-order valence-corrected chi connectivity index (χ1v) is 7.94. The van der Waals surface area contributed by atoms with Gasteiger partial charge in [0.15, 0.2) is 5.11 Å². The normalized spacial score (nSPS) is 32.3. The molecule has 2 fully saturated rings. The van der Waals surface area contributed by atoms with Gasteiger partial charge in [0.05, 0.1) is 0 Å². The third kappa shape index (κ3) is 2.71. The summed E-state index contributed by atoms with van der Waals surface area (Å²) in [6.07, 6.45) is 14.0. The molecule has 3 rings (SSSR count). The van der Waals surface area contributed by atoms with Crippen LogP contribution in [0.5, 0.6) is 0 Å². The van der Waals surface area contributed by atoms with Crippen LogP contribution in [0, 0.1) is 11.8 Å². The standard InChI is InChI=1S/C15H24N2S/c18-15(16-14-8-2-1-3-9-14)17-10-12-6-4-5-7-13(12)11-17/h4-5,12-14H,1-3,6-11H2,(H,16,18). The monoisotopic (exact) mass is 264 g/mol. The van der Waals surface area contributed by atoms with E-state index < -0.39 is 0 Å². The number of allylic oxidation sites excluding steroid dienone is 2. The third-order valence-electron chi connectivity index (χ3n) is 4.84. The van der Waals surface area contributed by atoms with Crippen molar-refractivity contribution in [3.05, 3.63) is 12.2 Å². The van der Waals surface area contributed by atoms with Crippen LogP contribution in [0.2, 0.25) is 0 Å². The van der Waals surface area contributed by atoms with Gasteiger partial charge in [0.2, 0.25) is 0 Å². The van der Waals surface area contributed by atoms with Crippen molar-refractivity contribution in [2.75, 3.05) is 13.1 Å². The molecule has 1 heterocycles. The van der Waals surface area contributed by atoms with Gasteiger partial charge in [0, 0.05) is 19.1 Å². The molecule has 1 saturated heterocycles. The van der Waals surface area contributed by atoms with E-state index in [1.807, 2.05) is 0 Å². The molecule has 2 nitrogen and oxygen atoms in total. The molecule has 3 heteroatoms. The van der Waals surface area contributed by atoms with E-state index in [0.717, 1.165) is 16.9 Å². The highest BCUT2D eigenvalue weighted by atomic mass is 32.1. The Morgan fingerprint density at radius 1 is 1.00 bits per heavy atom. The first kappa shape index (κ1) is 12.5. The minimum absolute atomic E-state index is 0.645. The predicted molar refractivity (Wildman–Crippen MR) is 79.5 cm³/mol. The van der Waals surface area contributed by atoms with Crippen molar-refractivity contribution in [2.24, 2.45) is 11.8 Å². The highest BCUT2D eigenvalue weighted by Crippen LogP contribution is 2.32. The van der Waals surface area contributed by atoms with Crippen LogP contribution >= 0.6 is 12.2 Å². The lowest BCUT2D eigenvalue weighted by atomic mass is 9.86. The van der Waals surface area contributed by atoms with E-state index in [2.05, 4.69) is 22.4 Å². The van der Waals surface area contributed by atoms with Gasteiger partial charge < -0.3 is 10.2 Å². The number of hydrogen-bond donors (Lipinski definition) is 1. The summed E-state index contributed by atoms with van der Waals surface area (Å²) in [5, 5.41) is 4.63. The van der Waals surface area contributed by atoms with Crippen LogP contribution in [0.25, 0.3) is 0 Å². The van der Waals surface area contributed by atoms with Crippen LogP contribution in [0.4, 0.5) is 0 Å². The van der Waals surface area contributed by atoms with Gasteiger partial charge in [-0.05, 0) is 49.7 Å². The molecule has 0 amide bonds. The van der Waals surface area contributed by atoms with E-state index in [1.54, 1.807) is 0 Å². The molecule has 0 aromatic carbocycles. The van der Waals surface area contributed by atoms with Crippen molar-refractivity contribution in [1.82, 2.24) is 10.2 Å². The molecule has 0 aromatic rings. The molecule has 1 N–H and O–H groups in total. The summed E-state index contributed by atoms with van der Waals surface area (Å²) in [7, 11) is 0. The van der Waals surface area contributed by atoms with Gasteiger partial charge in [0.1, 0.15) is 0 Å². The van der Waals surface area contributed by atoms with Gasteiger partial charge in [-0.2, -0.15) is 0 Å². The van der Waals surface area contributed by atoms with Gasteiger partial charge >= 0.3 is 0 Å². The molecule has 18 heavy (non-hydrogen) atoms. The van der Waals surface area contributed by atoms with Gasteiger partial charge in [-0.3, -0.25) is 0 Å². The molecular formula is C15H24N2S. The Kier molecular flexibility index (Phi) is 3.88. The highest BCUT2D eigenvalue weighted by Gasteiger charge is 2.34. The lowest BCUT2D eigenvalue weighted by Gasteiger charge is -2.28. The van der Waals surface area contributed by atoms with Gasteiger partial charge in [0.25, 0.3) is 0 Å². The van der Waals surface area contributed by atoms with E-state index in [1.165, 1.54) is 58.0 Å². The molecule has 0 aromatic heterocycles. The fourth-order valence-electron chi connectivity index (χ4n) is 3.69. The summed E-state index contributed by atoms with van der Waals surface area (Å²) in [4.78, 5) is 2.42.